The van der Waals surface area contributed by atoms with Gasteiger partial charge in [-0.25, -0.2) is 4.39 Å². The first-order valence-electron chi connectivity index (χ1n) is 8.08. The molecule has 1 unspecified atom stereocenters. The molecule has 2 heterocycles. The number of hydrogen-bond acceptors (Lipinski definition) is 3. The number of nitrogens with zero attached hydrogens (tertiary/aromatic N) is 2. The third-order valence-electron chi connectivity index (χ3n) is 4.74. The Hall–Kier alpha value is -1.98. The largest absolute Gasteiger partial charge is 0.431 e. The molecule has 0 bridgehead atoms. The molecule has 1 aliphatic carbocycles. The summed E-state index contributed by atoms with van der Waals surface area (Å²) in [5.74, 6) is -1.27. The lowest BCUT2D eigenvalue weighted by molar-refractivity contribution is -0.0981. The zero-order valence-electron chi connectivity index (χ0n) is 13.9. The van der Waals surface area contributed by atoms with Crippen LogP contribution in [0.15, 0.2) is 52.9 Å². The minimum absolute atomic E-state index is 0.0529. The van der Waals surface area contributed by atoms with Gasteiger partial charge in [0, 0.05) is 15.3 Å². The molecule has 0 fully saturated rings. The van der Waals surface area contributed by atoms with Crippen LogP contribution in [0.1, 0.15) is 17.5 Å². The Morgan fingerprint density at radius 2 is 2.00 bits per heavy atom. The van der Waals surface area contributed by atoms with Gasteiger partial charge in [0.15, 0.2) is 11.6 Å². The zero-order chi connectivity index (χ0) is 20.3. The number of alkyl halides is 5. The summed E-state index contributed by atoms with van der Waals surface area (Å²) < 4.78 is 84.5. The highest BCUT2D eigenvalue weighted by Gasteiger charge is 2.48. The van der Waals surface area contributed by atoms with E-state index >= 15 is 0 Å². The van der Waals surface area contributed by atoms with E-state index < -0.39 is 35.5 Å². The van der Waals surface area contributed by atoms with Crippen molar-refractivity contribution in [2.75, 3.05) is 6.54 Å². The molecule has 148 valence electrons. The van der Waals surface area contributed by atoms with Crippen molar-refractivity contribution >= 4 is 32.0 Å². The summed E-state index contributed by atoms with van der Waals surface area (Å²) in [6.07, 6.45) is -1.40. The van der Waals surface area contributed by atoms with Crippen molar-refractivity contribution in [3.8, 4) is 0 Å². The van der Waals surface area contributed by atoms with E-state index in [-0.39, 0.29) is 12.4 Å². The normalized spacial score (nSPS) is 23.8. The maximum atomic E-state index is 14.4. The Morgan fingerprint density at radius 3 is 2.68 bits per heavy atom. The molecular formula is C18H11F6IN2O. The van der Waals surface area contributed by atoms with Crippen LogP contribution in [0.4, 0.5) is 26.3 Å². The van der Waals surface area contributed by atoms with Crippen LogP contribution in [0, 0.1) is 5.82 Å². The second-order valence-electron chi connectivity index (χ2n) is 6.48. The number of ether oxygens (including phenoxy) is 1. The lowest BCUT2D eigenvalue weighted by atomic mass is 9.80. The molecule has 10 heteroatoms. The van der Waals surface area contributed by atoms with Crippen LogP contribution in [0.2, 0.25) is 0 Å². The molecule has 0 amide bonds. The van der Waals surface area contributed by atoms with Gasteiger partial charge in [-0.05, 0) is 46.7 Å². The van der Waals surface area contributed by atoms with E-state index in [0.717, 1.165) is 11.1 Å². The van der Waals surface area contributed by atoms with Crippen LogP contribution in [0.3, 0.4) is 0 Å². The smallest absolute Gasteiger partial charge is 0.417 e. The molecule has 28 heavy (non-hydrogen) atoms. The molecule has 1 atom stereocenters. The van der Waals surface area contributed by atoms with Crippen LogP contribution in [0.5, 0.6) is 0 Å². The molecule has 0 radical (unpaired) electrons. The average Bonchev–Trinajstić information content (AvgIpc) is 2.97. The van der Waals surface area contributed by atoms with E-state index in [1.54, 1.807) is 12.1 Å². The molecule has 0 aromatic heterocycles. The summed E-state index contributed by atoms with van der Waals surface area (Å²) in [7, 11) is 0. The van der Waals surface area contributed by atoms with Crippen molar-refractivity contribution in [2.45, 2.75) is 24.7 Å². The zero-order valence-corrected chi connectivity index (χ0v) is 16.1. The van der Waals surface area contributed by atoms with Crippen molar-refractivity contribution in [2.24, 2.45) is 4.99 Å². The summed E-state index contributed by atoms with van der Waals surface area (Å²) in [4.78, 5) is 5.60. The van der Waals surface area contributed by atoms with Gasteiger partial charge in [-0.2, -0.15) is 22.0 Å². The van der Waals surface area contributed by atoms with Crippen LogP contribution < -0.4 is 0 Å². The Bertz CT molecular complexity index is 965. The van der Waals surface area contributed by atoms with Gasteiger partial charge < -0.3 is 9.64 Å². The number of halogens is 7. The Labute approximate surface area is 169 Å². The van der Waals surface area contributed by atoms with E-state index in [1.807, 2.05) is 22.6 Å². The fourth-order valence-electron chi connectivity index (χ4n) is 3.59. The molecule has 4 rings (SSSR count). The topological polar surface area (TPSA) is 24.8 Å². The van der Waals surface area contributed by atoms with Crippen molar-refractivity contribution in [3.63, 3.8) is 0 Å². The average molecular weight is 512 g/mol. The highest BCUT2D eigenvalue weighted by atomic mass is 127. The van der Waals surface area contributed by atoms with E-state index in [9.17, 15) is 26.3 Å². The monoisotopic (exact) mass is 512 g/mol. The molecule has 2 aliphatic heterocycles. The first kappa shape index (κ1) is 19.3. The van der Waals surface area contributed by atoms with Gasteiger partial charge in [-0.1, -0.05) is 18.2 Å². The molecule has 0 N–H and O–H groups in total. The predicted molar refractivity (Wildman–Crippen MR) is 98.1 cm³/mol. The van der Waals surface area contributed by atoms with Crippen LogP contribution >= 0.6 is 22.6 Å². The number of benzene rings is 1. The molecule has 1 aromatic rings. The molecule has 0 saturated carbocycles. The Morgan fingerprint density at radius 1 is 1.25 bits per heavy atom. The minimum Gasteiger partial charge on any atom is -0.431 e. The molecule has 1 spiro atoms. The number of allylic oxidation sites excluding steroid dienone is 2. The number of amidine groups is 1. The van der Waals surface area contributed by atoms with Crippen molar-refractivity contribution in [1.82, 2.24) is 4.90 Å². The highest BCUT2D eigenvalue weighted by molar-refractivity contribution is 14.1. The van der Waals surface area contributed by atoms with Gasteiger partial charge in [0.2, 0.25) is 0 Å². The number of hydrogen-bond donors (Lipinski definition) is 0. The summed E-state index contributed by atoms with van der Waals surface area (Å²) in [6, 6.07) is 4.43. The van der Waals surface area contributed by atoms with Crippen LogP contribution in [-0.4, -0.2) is 30.1 Å². The van der Waals surface area contributed by atoms with Gasteiger partial charge in [-0.3, -0.25) is 4.99 Å². The van der Waals surface area contributed by atoms with Crippen LogP contribution in [-0.2, 0) is 10.3 Å². The fraction of sp³-hybridized carbons (Fsp3) is 0.278. The van der Waals surface area contributed by atoms with Crippen molar-refractivity contribution in [3.05, 3.63) is 64.8 Å². The standard InChI is InChI=1S/C18H11F6IN2O/c19-11-3-1-2-10-14(11)12(25)4-5-17(10)8-27-7-9(18(22,23)24)6-13(15(27)26-17)28-16(20)21/h1-4,6-7,16H,5,8H2. The van der Waals surface area contributed by atoms with Gasteiger partial charge in [0.05, 0.1) is 12.1 Å². The molecular weight excluding hydrogens is 501 g/mol. The Balaban J connectivity index is 1.84. The first-order valence-corrected chi connectivity index (χ1v) is 9.16. The number of aliphatic imine (C=N–C) groups is 1. The number of rotatable bonds is 2. The van der Waals surface area contributed by atoms with E-state index in [1.165, 1.54) is 12.1 Å². The lowest BCUT2D eigenvalue weighted by Crippen LogP contribution is -2.36. The van der Waals surface area contributed by atoms with E-state index in [4.69, 9.17) is 0 Å². The van der Waals surface area contributed by atoms with E-state index in [2.05, 4.69) is 9.73 Å². The third-order valence-corrected chi connectivity index (χ3v) is 5.72. The molecule has 3 aliphatic rings. The lowest BCUT2D eigenvalue weighted by Gasteiger charge is -2.32. The van der Waals surface area contributed by atoms with Crippen molar-refractivity contribution < 1.29 is 31.1 Å². The second-order valence-corrected chi connectivity index (χ2v) is 7.64. The Kier molecular flexibility index (Phi) is 4.51. The van der Waals surface area contributed by atoms with Gasteiger partial charge in [-0.15, -0.1) is 0 Å². The summed E-state index contributed by atoms with van der Waals surface area (Å²) >= 11 is 1.98. The molecule has 0 saturated heterocycles. The minimum atomic E-state index is -4.75. The fourth-order valence-corrected chi connectivity index (χ4v) is 4.36. The maximum Gasteiger partial charge on any atom is 0.417 e. The van der Waals surface area contributed by atoms with E-state index in [0.29, 0.717) is 27.2 Å². The summed E-state index contributed by atoms with van der Waals surface area (Å²) in [5, 5.41) is 0. The molecule has 1 aromatic carbocycles. The van der Waals surface area contributed by atoms with Gasteiger partial charge in [0.1, 0.15) is 11.4 Å². The van der Waals surface area contributed by atoms with Gasteiger partial charge in [0.25, 0.3) is 0 Å². The number of fused-ring (bicyclic) bond motifs is 3. The van der Waals surface area contributed by atoms with Gasteiger partial charge >= 0.3 is 12.8 Å². The maximum absolute atomic E-state index is 14.4. The third kappa shape index (κ3) is 3.11. The predicted octanol–water partition coefficient (Wildman–Crippen LogP) is 5.50. The SMILES string of the molecule is Fc1cccc2c1C(I)=CCC21CN2C=C(C(F)(F)F)C=C(OC(F)F)C2=N1. The molecule has 3 nitrogen and oxygen atoms in total. The summed E-state index contributed by atoms with van der Waals surface area (Å²) in [5.41, 5.74) is -1.40. The van der Waals surface area contributed by atoms with Crippen molar-refractivity contribution in [1.29, 1.82) is 0 Å². The summed E-state index contributed by atoms with van der Waals surface area (Å²) in [6.45, 7) is -3.36. The van der Waals surface area contributed by atoms with Crippen LogP contribution in [0.25, 0.3) is 3.58 Å². The highest BCUT2D eigenvalue weighted by Crippen LogP contribution is 2.48. The first-order chi connectivity index (χ1) is 13.1. The second kappa shape index (κ2) is 6.53. The quantitative estimate of drug-likeness (QED) is 0.387.